The number of aromatic nitrogens is 5. The van der Waals surface area contributed by atoms with Gasteiger partial charge in [-0.25, -0.2) is 9.97 Å². The zero-order valence-electron chi connectivity index (χ0n) is 19.0. The van der Waals surface area contributed by atoms with E-state index in [0.717, 1.165) is 27.6 Å². The van der Waals surface area contributed by atoms with Gasteiger partial charge >= 0.3 is 0 Å². The molecule has 0 aliphatic carbocycles. The minimum absolute atomic E-state index is 0.00609. The molecule has 0 unspecified atom stereocenters. The van der Waals surface area contributed by atoms with E-state index in [1.54, 1.807) is 34.9 Å². The number of halogens is 1. The zero-order valence-corrected chi connectivity index (χ0v) is 19.8. The molecule has 0 bridgehead atoms. The van der Waals surface area contributed by atoms with Crippen molar-refractivity contribution in [1.82, 2.24) is 24.3 Å². The van der Waals surface area contributed by atoms with Crippen LogP contribution in [0.15, 0.2) is 78.0 Å². The molecule has 0 spiro atoms. The zero-order chi connectivity index (χ0) is 24.4. The molecule has 0 atom stereocenters. The number of aliphatic hydroxyl groups is 1. The number of pyridine rings is 1. The Morgan fingerprint density at radius 2 is 1.94 bits per heavy atom. The van der Waals surface area contributed by atoms with Crippen molar-refractivity contribution in [3.05, 3.63) is 94.1 Å². The first-order valence-corrected chi connectivity index (χ1v) is 11.5. The lowest BCUT2D eigenvalue weighted by Crippen LogP contribution is -2.17. The van der Waals surface area contributed by atoms with Gasteiger partial charge < -0.3 is 15.0 Å². The van der Waals surface area contributed by atoms with Gasteiger partial charge in [-0.2, -0.15) is 5.10 Å². The summed E-state index contributed by atoms with van der Waals surface area (Å²) >= 11 is 6.16. The first-order valence-electron chi connectivity index (χ1n) is 11.1. The number of fused-ring (bicyclic) bond motifs is 1. The van der Waals surface area contributed by atoms with E-state index in [0.29, 0.717) is 35.3 Å². The molecule has 0 amide bonds. The standard InChI is InChI=1S/C26H23ClN6O2/c1-32-9-3-6-21(26(32)35)18-7-8-23-22(13-18)25(28-14-17-4-2-5-20(27)12-17)31-24(30-23)19-15-29-33(16-19)10-11-34/h2-9,12-13,15-16,34H,10-11,14H2,1H3,(H,28,30,31). The van der Waals surface area contributed by atoms with E-state index in [1.165, 1.54) is 0 Å². The van der Waals surface area contributed by atoms with Crippen LogP contribution < -0.4 is 10.9 Å². The van der Waals surface area contributed by atoms with Gasteiger partial charge in [-0.05, 0) is 47.5 Å². The van der Waals surface area contributed by atoms with E-state index in [2.05, 4.69) is 10.4 Å². The van der Waals surface area contributed by atoms with Gasteiger partial charge in [0.15, 0.2) is 5.82 Å². The predicted molar refractivity (Wildman–Crippen MR) is 137 cm³/mol. The Morgan fingerprint density at radius 1 is 1.06 bits per heavy atom. The number of nitrogens with one attached hydrogen (secondary N) is 1. The van der Waals surface area contributed by atoms with Crippen molar-refractivity contribution < 1.29 is 5.11 Å². The highest BCUT2D eigenvalue weighted by Crippen LogP contribution is 2.29. The number of aryl methyl sites for hydroxylation is 1. The number of hydrogen-bond acceptors (Lipinski definition) is 6. The van der Waals surface area contributed by atoms with Gasteiger partial charge in [0.2, 0.25) is 0 Å². The third kappa shape index (κ3) is 4.80. The second-order valence-electron chi connectivity index (χ2n) is 8.16. The molecule has 0 aliphatic heterocycles. The molecule has 2 N–H and O–H groups in total. The molecule has 9 heteroatoms. The summed E-state index contributed by atoms with van der Waals surface area (Å²) in [5.74, 6) is 1.15. The Hall–Kier alpha value is -4.01. The van der Waals surface area contributed by atoms with E-state index in [9.17, 15) is 9.90 Å². The minimum atomic E-state index is -0.0749. The second-order valence-corrected chi connectivity index (χ2v) is 8.60. The maximum atomic E-state index is 12.7. The van der Waals surface area contributed by atoms with E-state index in [-0.39, 0.29) is 12.2 Å². The summed E-state index contributed by atoms with van der Waals surface area (Å²) in [4.78, 5) is 22.3. The van der Waals surface area contributed by atoms with Gasteiger partial charge in [0.05, 0.1) is 30.4 Å². The third-order valence-corrected chi connectivity index (χ3v) is 5.93. The summed E-state index contributed by atoms with van der Waals surface area (Å²) in [7, 11) is 1.73. The summed E-state index contributed by atoms with van der Waals surface area (Å²) in [6.07, 6.45) is 5.22. The first kappa shape index (κ1) is 22.8. The van der Waals surface area contributed by atoms with Crippen molar-refractivity contribution in [3.63, 3.8) is 0 Å². The maximum Gasteiger partial charge on any atom is 0.258 e. The Bertz CT molecular complexity index is 1580. The molecular weight excluding hydrogens is 464 g/mol. The van der Waals surface area contributed by atoms with Crippen LogP contribution in [0.3, 0.4) is 0 Å². The topological polar surface area (TPSA) is 97.9 Å². The van der Waals surface area contributed by atoms with Crippen molar-refractivity contribution >= 4 is 28.3 Å². The van der Waals surface area contributed by atoms with Crippen LogP contribution in [0.1, 0.15) is 5.56 Å². The van der Waals surface area contributed by atoms with E-state index in [1.807, 2.05) is 54.6 Å². The van der Waals surface area contributed by atoms with Crippen LogP contribution in [-0.4, -0.2) is 36.0 Å². The van der Waals surface area contributed by atoms with E-state index < -0.39 is 0 Å². The molecule has 3 heterocycles. The predicted octanol–water partition coefficient (Wildman–Crippen LogP) is 4.12. The monoisotopic (exact) mass is 486 g/mol. The van der Waals surface area contributed by atoms with Gasteiger partial charge in [-0.15, -0.1) is 0 Å². The molecule has 5 aromatic rings. The lowest BCUT2D eigenvalue weighted by atomic mass is 10.0. The molecule has 0 saturated carbocycles. The van der Waals surface area contributed by atoms with E-state index >= 15 is 0 Å². The average molecular weight is 487 g/mol. The molecule has 3 aromatic heterocycles. The number of nitrogens with zero attached hydrogens (tertiary/aromatic N) is 5. The van der Waals surface area contributed by atoms with Crippen molar-refractivity contribution in [2.24, 2.45) is 7.05 Å². The van der Waals surface area contributed by atoms with Crippen LogP contribution in [0.25, 0.3) is 33.4 Å². The minimum Gasteiger partial charge on any atom is -0.394 e. The van der Waals surface area contributed by atoms with Gasteiger partial charge in [0.1, 0.15) is 5.82 Å². The smallest absolute Gasteiger partial charge is 0.258 e. The Kier molecular flexibility index (Phi) is 6.31. The molecule has 0 fully saturated rings. The van der Waals surface area contributed by atoms with Gasteiger partial charge in [0, 0.05) is 42.0 Å². The van der Waals surface area contributed by atoms with Crippen molar-refractivity contribution in [2.45, 2.75) is 13.1 Å². The van der Waals surface area contributed by atoms with Crippen LogP contribution in [0.4, 0.5) is 5.82 Å². The summed E-state index contributed by atoms with van der Waals surface area (Å²) in [5, 5.41) is 18.3. The molecule has 8 nitrogen and oxygen atoms in total. The second kappa shape index (κ2) is 9.69. The average Bonchev–Trinajstić information content (AvgIpc) is 3.33. The van der Waals surface area contributed by atoms with Crippen LogP contribution in [0, 0.1) is 0 Å². The summed E-state index contributed by atoms with van der Waals surface area (Å²) in [6.45, 7) is 0.893. The van der Waals surface area contributed by atoms with Gasteiger partial charge in [-0.1, -0.05) is 29.8 Å². The van der Waals surface area contributed by atoms with Crippen LogP contribution >= 0.6 is 11.6 Å². The van der Waals surface area contributed by atoms with Crippen molar-refractivity contribution in [3.8, 4) is 22.5 Å². The number of anilines is 1. The Morgan fingerprint density at radius 3 is 2.77 bits per heavy atom. The lowest BCUT2D eigenvalue weighted by molar-refractivity contribution is 0.269. The summed E-state index contributed by atoms with van der Waals surface area (Å²) in [5.41, 5.74) is 3.80. The number of rotatable bonds is 7. The normalized spacial score (nSPS) is 11.2. The quantitative estimate of drug-likeness (QED) is 0.359. The highest BCUT2D eigenvalue weighted by molar-refractivity contribution is 6.30. The molecular formula is C26H23ClN6O2. The largest absolute Gasteiger partial charge is 0.394 e. The fourth-order valence-corrected chi connectivity index (χ4v) is 4.13. The van der Waals surface area contributed by atoms with Gasteiger partial charge in [0.25, 0.3) is 5.56 Å². The molecule has 0 saturated heterocycles. The maximum absolute atomic E-state index is 12.7. The fourth-order valence-electron chi connectivity index (χ4n) is 3.91. The van der Waals surface area contributed by atoms with Gasteiger partial charge in [-0.3, -0.25) is 9.48 Å². The van der Waals surface area contributed by atoms with Crippen molar-refractivity contribution in [2.75, 3.05) is 11.9 Å². The van der Waals surface area contributed by atoms with E-state index in [4.69, 9.17) is 21.6 Å². The number of aliphatic hydroxyl groups excluding tert-OH is 1. The lowest BCUT2D eigenvalue weighted by Gasteiger charge is -2.12. The third-order valence-electron chi connectivity index (χ3n) is 5.70. The molecule has 35 heavy (non-hydrogen) atoms. The molecule has 5 rings (SSSR count). The fraction of sp³-hybridized carbons (Fsp3) is 0.154. The highest BCUT2D eigenvalue weighted by atomic mass is 35.5. The molecule has 0 aliphatic rings. The molecule has 2 aromatic carbocycles. The summed E-state index contributed by atoms with van der Waals surface area (Å²) < 4.78 is 3.21. The molecule has 0 radical (unpaired) electrons. The first-order chi connectivity index (χ1) is 17.0. The number of benzene rings is 2. The highest BCUT2D eigenvalue weighted by Gasteiger charge is 2.14. The number of hydrogen-bond donors (Lipinski definition) is 2. The molecule has 176 valence electrons. The SMILES string of the molecule is Cn1cccc(-c2ccc3nc(-c4cnn(CCO)c4)nc(NCc4cccc(Cl)c4)c3c2)c1=O. The summed E-state index contributed by atoms with van der Waals surface area (Å²) in [6, 6.07) is 17.0. The van der Waals surface area contributed by atoms with Crippen LogP contribution in [-0.2, 0) is 20.1 Å². The van der Waals surface area contributed by atoms with Crippen molar-refractivity contribution in [1.29, 1.82) is 0 Å². The Balaban J connectivity index is 1.61. The van der Waals surface area contributed by atoms with Crippen LogP contribution in [0.2, 0.25) is 5.02 Å². The van der Waals surface area contributed by atoms with Crippen LogP contribution in [0.5, 0.6) is 0 Å². The Labute approximate surface area is 206 Å².